The van der Waals surface area contributed by atoms with Gasteiger partial charge in [-0.05, 0) is 31.4 Å². The fraction of sp³-hybridized carbons (Fsp3) is 0.391. The number of nitrogens with one attached hydrogen (secondary N) is 1. The minimum atomic E-state index is -0.663. The van der Waals surface area contributed by atoms with Gasteiger partial charge in [0.05, 0.1) is 29.2 Å². The summed E-state index contributed by atoms with van der Waals surface area (Å²) in [4.78, 5) is 25.1. The molecule has 1 fully saturated rings. The number of rotatable bonds is 7. The van der Waals surface area contributed by atoms with Crippen molar-refractivity contribution in [2.24, 2.45) is 11.8 Å². The first-order valence-corrected chi connectivity index (χ1v) is 10.5. The van der Waals surface area contributed by atoms with Crippen molar-refractivity contribution in [3.05, 3.63) is 58.9 Å². The van der Waals surface area contributed by atoms with Crippen LogP contribution in [0.15, 0.2) is 42.5 Å². The van der Waals surface area contributed by atoms with Crippen LogP contribution in [-0.4, -0.2) is 18.5 Å². The van der Waals surface area contributed by atoms with E-state index in [9.17, 15) is 14.0 Å². The van der Waals surface area contributed by atoms with Crippen LogP contribution < -0.4 is 10.1 Å². The smallest absolute Gasteiger partial charge is 0.309 e. The maximum absolute atomic E-state index is 14.5. The van der Waals surface area contributed by atoms with Crippen molar-refractivity contribution in [2.75, 3.05) is 11.9 Å². The van der Waals surface area contributed by atoms with E-state index in [0.29, 0.717) is 12.8 Å². The zero-order valence-electron chi connectivity index (χ0n) is 16.8. The first-order chi connectivity index (χ1) is 14.5. The van der Waals surface area contributed by atoms with Gasteiger partial charge in [-0.2, -0.15) is 0 Å². The molecule has 0 aliphatic heterocycles. The molecule has 2 aromatic carbocycles. The average Bonchev–Trinajstić information content (AvgIpc) is 2.75. The molecule has 0 aromatic heterocycles. The zero-order valence-corrected chi connectivity index (χ0v) is 17.6. The highest BCUT2D eigenvalue weighted by molar-refractivity contribution is 6.32. The molecule has 1 saturated carbocycles. The maximum atomic E-state index is 14.5. The van der Waals surface area contributed by atoms with Crippen LogP contribution >= 0.6 is 11.6 Å². The van der Waals surface area contributed by atoms with Gasteiger partial charge in [-0.15, -0.1) is 0 Å². The first kappa shape index (κ1) is 22.1. The molecule has 30 heavy (non-hydrogen) atoms. The van der Waals surface area contributed by atoms with Crippen LogP contribution in [0.25, 0.3) is 0 Å². The second-order valence-electron chi connectivity index (χ2n) is 7.28. The fourth-order valence-corrected chi connectivity index (χ4v) is 3.88. The topological polar surface area (TPSA) is 64.6 Å². The highest BCUT2D eigenvalue weighted by atomic mass is 35.5. The number of anilines is 1. The molecule has 2 aromatic rings. The summed E-state index contributed by atoms with van der Waals surface area (Å²) in [6.07, 6.45) is 2.84. The lowest BCUT2D eigenvalue weighted by Gasteiger charge is -2.29. The summed E-state index contributed by atoms with van der Waals surface area (Å²) in [5, 5.41) is 2.73. The average molecular weight is 434 g/mol. The van der Waals surface area contributed by atoms with E-state index in [0.717, 1.165) is 24.5 Å². The third kappa shape index (κ3) is 5.51. The largest absolute Gasteiger partial charge is 0.487 e. The fourth-order valence-electron chi connectivity index (χ4n) is 3.67. The lowest BCUT2D eigenvalue weighted by molar-refractivity contribution is -0.153. The van der Waals surface area contributed by atoms with Crippen molar-refractivity contribution < 1.29 is 23.5 Å². The van der Waals surface area contributed by atoms with Gasteiger partial charge in [-0.1, -0.05) is 54.8 Å². The Bertz CT molecular complexity index is 890. The van der Waals surface area contributed by atoms with Crippen LogP contribution in [-0.2, 0) is 20.9 Å². The number of ether oxygens (including phenoxy) is 2. The Morgan fingerprint density at radius 1 is 1.13 bits per heavy atom. The van der Waals surface area contributed by atoms with E-state index in [4.69, 9.17) is 21.1 Å². The van der Waals surface area contributed by atoms with Gasteiger partial charge in [0.15, 0.2) is 0 Å². The zero-order chi connectivity index (χ0) is 21.5. The second kappa shape index (κ2) is 10.4. The van der Waals surface area contributed by atoms with Crippen molar-refractivity contribution >= 4 is 29.2 Å². The Kier molecular flexibility index (Phi) is 7.69. The van der Waals surface area contributed by atoms with E-state index < -0.39 is 23.6 Å². The predicted molar refractivity (Wildman–Crippen MR) is 113 cm³/mol. The van der Waals surface area contributed by atoms with Crippen molar-refractivity contribution in [1.82, 2.24) is 0 Å². The predicted octanol–water partition coefficient (Wildman–Crippen LogP) is 5.37. The van der Waals surface area contributed by atoms with E-state index in [-0.39, 0.29) is 35.6 Å². The molecule has 1 aliphatic carbocycles. The highest BCUT2D eigenvalue weighted by Crippen LogP contribution is 2.34. The van der Waals surface area contributed by atoms with Gasteiger partial charge in [0.2, 0.25) is 5.91 Å². The molecule has 1 N–H and O–H groups in total. The number of carbonyl (C=O) groups is 2. The molecule has 1 amide bonds. The van der Waals surface area contributed by atoms with Crippen LogP contribution in [0.3, 0.4) is 0 Å². The standard InChI is InChI=1S/C23H25ClFNO4/c1-2-29-23(28)17-11-7-6-10-16(17)22(27)26-20-13-21(18(24)12-19(20)25)30-14-15-8-4-3-5-9-15/h3-5,8-9,12-13,16-17H,2,6-7,10-11,14H2,1H3,(H,26,27). The van der Waals surface area contributed by atoms with Crippen LogP contribution in [0, 0.1) is 17.7 Å². The molecule has 0 saturated heterocycles. The van der Waals surface area contributed by atoms with Gasteiger partial charge in [-0.3, -0.25) is 9.59 Å². The van der Waals surface area contributed by atoms with Gasteiger partial charge in [0.25, 0.3) is 0 Å². The van der Waals surface area contributed by atoms with E-state index in [1.807, 2.05) is 30.3 Å². The minimum absolute atomic E-state index is 0.0272. The molecule has 0 heterocycles. The van der Waals surface area contributed by atoms with Gasteiger partial charge in [-0.25, -0.2) is 4.39 Å². The van der Waals surface area contributed by atoms with Gasteiger partial charge in [0.1, 0.15) is 18.2 Å². The summed E-state index contributed by atoms with van der Waals surface area (Å²) in [7, 11) is 0. The summed E-state index contributed by atoms with van der Waals surface area (Å²) >= 11 is 6.11. The molecule has 3 rings (SSSR count). The molecule has 7 heteroatoms. The van der Waals surface area contributed by atoms with Crippen LogP contribution in [0.1, 0.15) is 38.2 Å². The molecule has 0 bridgehead atoms. The van der Waals surface area contributed by atoms with Crippen molar-refractivity contribution in [2.45, 2.75) is 39.2 Å². The lowest BCUT2D eigenvalue weighted by Crippen LogP contribution is -2.37. The second-order valence-corrected chi connectivity index (χ2v) is 7.68. The van der Waals surface area contributed by atoms with Crippen LogP contribution in [0.5, 0.6) is 5.75 Å². The van der Waals surface area contributed by atoms with Crippen LogP contribution in [0.4, 0.5) is 10.1 Å². The summed E-state index contributed by atoms with van der Waals surface area (Å²) < 4.78 is 25.3. The number of amides is 1. The summed E-state index contributed by atoms with van der Waals surface area (Å²) in [6, 6.07) is 12.0. The Balaban J connectivity index is 1.73. The first-order valence-electron chi connectivity index (χ1n) is 10.1. The Morgan fingerprint density at radius 2 is 1.83 bits per heavy atom. The number of benzene rings is 2. The Hall–Kier alpha value is -2.60. The Labute approximate surface area is 180 Å². The molecule has 0 spiro atoms. The summed E-state index contributed by atoms with van der Waals surface area (Å²) in [5.41, 5.74) is 0.906. The van der Waals surface area contributed by atoms with Gasteiger partial charge in [0, 0.05) is 6.07 Å². The lowest BCUT2D eigenvalue weighted by atomic mass is 9.78. The van der Waals surface area contributed by atoms with E-state index in [2.05, 4.69) is 5.32 Å². The van der Waals surface area contributed by atoms with E-state index >= 15 is 0 Å². The number of esters is 1. The highest BCUT2D eigenvalue weighted by Gasteiger charge is 2.37. The van der Waals surface area contributed by atoms with Crippen molar-refractivity contribution in [3.8, 4) is 5.75 Å². The molecule has 2 unspecified atom stereocenters. The number of halogens is 2. The third-order valence-electron chi connectivity index (χ3n) is 5.21. The molecular weight excluding hydrogens is 409 g/mol. The molecule has 1 aliphatic rings. The molecule has 2 atom stereocenters. The van der Waals surface area contributed by atoms with Crippen molar-refractivity contribution in [3.63, 3.8) is 0 Å². The molecule has 160 valence electrons. The van der Waals surface area contributed by atoms with E-state index in [1.165, 1.54) is 6.07 Å². The van der Waals surface area contributed by atoms with Gasteiger partial charge >= 0.3 is 5.97 Å². The number of hydrogen-bond acceptors (Lipinski definition) is 4. The number of carbonyl (C=O) groups excluding carboxylic acids is 2. The quantitative estimate of drug-likeness (QED) is 0.596. The molecule has 5 nitrogen and oxygen atoms in total. The Morgan fingerprint density at radius 3 is 2.53 bits per heavy atom. The normalized spacial score (nSPS) is 18.5. The van der Waals surface area contributed by atoms with Crippen molar-refractivity contribution in [1.29, 1.82) is 0 Å². The van der Waals surface area contributed by atoms with E-state index in [1.54, 1.807) is 6.92 Å². The SMILES string of the molecule is CCOC(=O)C1CCCCC1C(=O)Nc1cc(OCc2ccccc2)c(Cl)cc1F. The van der Waals surface area contributed by atoms with Crippen LogP contribution in [0.2, 0.25) is 5.02 Å². The number of hydrogen-bond donors (Lipinski definition) is 1. The summed E-state index contributed by atoms with van der Waals surface area (Å²) in [6.45, 7) is 2.25. The minimum Gasteiger partial charge on any atom is -0.487 e. The monoisotopic (exact) mass is 433 g/mol. The molecule has 0 radical (unpaired) electrons. The molecular formula is C23H25ClFNO4. The third-order valence-corrected chi connectivity index (χ3v) is 5.50. The van der Waals surface area contributed by atoms with Gasteiger partial charge < -0.3 is 14.8 Å². The summed E-state index contributed by atoms with van der Waals surface area (Å²) in [5.74, 6) is -2.24. The maximum Gasteiger partial charge on any atom is 0.309 e.